The molecule has 2 aromatic rings. The molecule has 7 nitrogen and oxygen atoms in total. The Labute approximate surface area is 144 Å². The van der Waals surface area contributed by atoms with Crippen LogP contribution in [0.5, 0.6) is 0 Å². The summed E-state index contributed by atoms with van der Waals surface area (Å²) in [5.41, 5.74) is 0.429. The van der Waals surface area contributed by atoms with Crippen molar-refractivity contribution in [2.45, 2.75) is 39.5 Å². The molecule has 0 aliphatic carbocycles. The van der Waals surface area contributed by atoms with Crippen LogP contribution in [-0.2, 0) is 16.6 Å². The predicted octanol–water partition coefficient (Wildman–Crippen LogP) is 4.02. The van der Waals surface area contributed by atoms with Crippen LogP contribution in [-0.4, -0.2) is 15.8 Å². The monoisotopic (exact) mass is 351 g/mol. The molecule has 1 amide bonds. The highest BCUT2D eigenvalue weighted by molar-refractivity contribution is 6.32. The molecule has 1 aromatic heterocycles. The maximum Gasteiger partial charge on any atom is 0.289 e. The molecular weight excluding hydrogens is 334 g/mol. The van der Waals surface area contributed by atoms with Gasteiger partial charge in [-0.15, -0.1) is 0 Å². The Morgan fingerprint density at radius 3 is 2.62 bits per heavy atom. The fourth-order valence-corrected chi connectivity index (χ4v) is 2.18. The van der Waals surface area contributed by atoms with Crippen LogP contribution in [0.3, 0.4) is 0 Å². The first-order valence-corrected chi connectivity index (χ1v) is 7.66. The molecule has 1 aromatic carbocycles. The molecule has 0 atom stereocenters. The van der Waals surface area contributed by atoms with Gasteiger partial charge in [0.1, 0.15) is 10.8 Å². The second-order valence-corrected chi connectivity index (χ2v) is 6.83. The van der Waals surface area contributed by atoms with Crippen LogP contribution >= 0.6 is 11.6 Å². The van der Waals surface area contributed by atoms with Gasteiger partial charge in [0, 0.05) is 17.2 Å². The van der Waals surface area contributed by atoms with E-state index in [2.05, 4.69) is 10.3 Å². The average molecular weight is 352 g/mol. The highest BCUT2D eigenvalue weighted by Crippen LogP contribution is 2.28. The highest BCUT2D eigenvalue weighted by atomic mass is 35.5. The fraction of sp³-hybridized carbons (Fsp3) is 0.375. The topological polar surface area (TPSA) is 98.3 Å². The number of rotatable bonds is 4. The quantitative estimate of drug-likeness (QED) is 0.662. The minimum Gasteiger partial charge on any atom is -0.444 e. The molecule has 8 heteroatoms. The van der Waals surface area contributed by atoms with Crippen molar-refractivity contribution in [3.8, 4) is 0 Å². The summed E-state index contributed by atoms with van der Waals surface area (Å²) < 4.78 is 5.67. The smallest absolute Gasteiger partial charge is 0.289 e. The van der Waals surface area contributed by atoms with Gasteiger partial charge in [-0.25, -0.2) is 4.98 Å². The van der Waals surface area contributed by atoms with E-state index < -0.39 is 4.92 Å². The minimum atomic E-state index is -0.603. The Hall–Kier alpha value is -2.41. The summed E-state index contributed by atoms with van der Waals surface area (Å²) in [4.78, 5) is 26.8. The van der Waals surface area contributed by atoms with E-state index >= 15 is 0 Å². The number of aryl methyl sites for hydroxylation is 1. The lowest BCUT2D eigenvalue weighted by Gasteiger charge is -2.12. The molecule has 1 N–H and O–H groups in total. The second kappa shape index (κ2) is 6.60. The summed E-state index contributed by atoms with van der Waals surface area (Å²) in [7, 11) is 0. The standard InChI is InChI=1S/C16H18ClN3O4/c1-9-13(24-15(18-9)16(2,3)4)8-14(21)19-10-5-6-11(17)12(7-10)20(22)23/h5-7H,8H2,1-4H3,(H,19,21). The highest BCUT2D eigenvalue weighted by Gasteiger charge is 2.23. The number of aromatic nitrogens is 1. The molecule has 0 bridgehead atoms. The van der Waals surface area contributed by atoms with Crippen molar-refractivity contribution in [1.82, 2.24) is 4.98 Å². The molecule has 0 aliphatic rings. The number of amides is 1. The SMILES string of the molecule is Cc1nc(C(C)(C)C)oc1CC(=O)Nc1ccc(Cl)c([N+](=O)[O-])c1. The van der Waals surface area contributed by atoms with Gasteiger partial charge >= 0.3 is 0 Å². The van der Waals surface area contributed by atoms with Crippen molar-refractivity contribution in [3.63, 3.8) is 0 Å². The summed E-state index contributed by atoms with van der Waals surface area (Å²) in [5, 5.41) is 13.5. The zero-order valence-corrected chi connectivity index (χ0v) is 14.6. The van der Waals surface area contributed by atoms with Gasteiger partial charge in [0.05, 0.1) is 17.0 Å². The predicted molar refractivity (Wildman–Crippen MR) is 90.4 cm³/mol. The van der Waals surface area contributed by atoms with Crippen molar-refractivity contribution in [3.05, 3.63) is 50.7 Å². The summed E-state index contributed by atoms with van der Waals surface area (Å²) in [6.45, 7) is 7.67. The number of nitro groups is 1. The molecule has 1 heterocycles. The molecule has 128 valence electrons. The van der Waals surface area contributed by atoms with Crippen molar-refractivity contribution in [1.29, 1.82) is 0 Å². The van der Waals surface area contributed by atoms with Gasteiger partial charge in [-0.05, 0) is 19.1 Å². The van der Waals surface area contributed by atoms with E-state index in [4.69, 9.17) is 16.0 Å². The number of halogens is 1. The summed E-state index contributed by atoms with van der Waals surface area (Å²) >= 11 is 5.75. The van der Waals surface area contributed by atoms with Crippen LogP contribution < -0.4 is 5.32 Å². The lowest BCUT2D eigenvalue weighted by molar-refractivity contribution is -0.384. The molecule has 0 unspecified atom stereocenters. The Balaban J connectivity index is 2.13. The van der Waals surface area contributed by atoms with Gasteiger partial charge in [0.25, 0.3) is 5.69 Å². The van der Waals surface area contributed by atoms with Crippen LogP contribution in [0.4, 0.5) is 11.4 Å². The molecular formula is C16H18ClN3O4. The maximum absolute atomic E-state index is 12.2. The van der Waals surface area contributed by atoms with E-state index in [1.54, 1.807) is 6.92 Å². The molecule has 24 heavy (non-hydrogen) atoms. The van der Waals surface area contributed by atoms with Crippen LogP contribution in [0.15, 0.2) is 22.6 Å². The zero-order chi connectivity index (χ0) is 18.1. The van der Waals surface area contributed by atoms with E-state index in [-0.39, 0.29) is 28.5 Å². The number of nitrogens with zero attached hydrogens (tertiary/aromatic N) is 2. The van der Waals surface area contributed by atoms with E-state index in [1.165, 1.54) is 18.2 Å². The van der Waals surface area contributed by atoms with Crippen molar-refractivity contribution in [2.24, 2.45) is 0 Å². The summed E-state index contributed by atoms with van der Waals surface area (Å²) in [5.74, 6) is 0.678. The normalized spacial score (nSPS) is 11.4. The van der Waals surface area contributed by atoms with Crippen molar-refractivity contribution in [2.75, 3.05) is 5.32 Å². The third kappa shape index (κ3) is 4.11. The van der Waals surface area contributed by atoms with Gasteiger partial charge in [-0.3, -0.25) is 14.9 Å². The minimum absolute atomic E-state index is 0.00859. The molecule has 0 saturated carbocycles. The van der Waals surface area contributed by atoms with Gasteiger partial charge in [-0.1, -0.05) is 32.4 Å². The number of nitrogens with one attached hydrogen (secondary N) is 1. The van der Waals surface area contributed by atoms with Crippen LogP contribution in [0, 0.1) is 17.0 Å². The Morgan fingerprint density at radius 1 is 1.42 bits per heavy atom. The first kappa shape index (κ1) is 17.9. The third-order valence-corrected chi connectivity index (χ3v) is 3.60. The second-order valence-electron chi connectivity index (χ2n) is 6.43. The Morgan fingerprint density at radius 2 is 2.08 bits per heavy atom. The van der Waals surface area contributed by atoms with Crippen LogP contribution in [0.2, 0.25) is 5.02 Å². The number of hydrogen-bond acceptors (Lipinski definition) is 5. The first-order valence-electron chi connectivity index (χ1n) is 7.28. The Bertz CT molecular complexity index is 793. The van der Waals surface area contributed by atoms with E-state index in [0.29, 0.717) is 23.0 Å². The maximum atomic E-state index is 12.2. The summed E-state index contributed by atoms with van der Waals surface area (Å²) in [6.07, 6.45) is -0.00859. The molecule has 0 saturated heterocycles. The third-order valence-electron chi connectivity index (χ3n) is 3.28. The van der Waals surface area contributed by atoms with Crippen molar-refractivity contribution < 1.29 is 14.1 Å². The lowest BCUT2D eigenvalue weighted by atomic mass is 9.97. The molecule has 0 fully saturated rings. The first-order chi connectivity index (χ1) is 11.1. The van der Waals surface area contributed by atoms with Gasteiger partial charge in [0.15, 0.2) is 5.89 Å². The van der Waals surface area contributed by atoms with E-state index in [0.717, 1.165) is 0 Å². The number of carbonyl (C=O) groups is 1. The zero-order valence-electron chi connectivity index (χ0n) is 13.8. The lowest BCUT2D eigenvalue weighted by Crippen LogP contribution is -2.15. The van der Waals surface area contributed by atoms with Gasteiger partial charge in [-0.2, -0.15) is 0 Å². The van der Waals surface area contributed by atoms with Crippen molar-refractivity contribution >= 4 is 28.9 Å². The number of anilines is 1. The van der Waals surface area contributed by atoms with Gasteiger partial charge < -0.3 is 9.73 Å². The van der Waals surface area contributed by atoms with Crippen LogP contribution in [0.1, 0.15) is 38.1 Å². The number of hydrogen-bond donors (Lipinski definition) is 1. The van der Waals surface area contributed by atoms with E-state index in [9.17, 15) is 14.9 Å². The largest absolute Gasteiger partial charge is 0.444 e. The molecule has 0 radical (unpaired) electrons. The number of carbonyl (C=O) groups excluding carboxylic acids is 1. The number of benzene rings is 1. The fourth-order valence-electron chi connectivity index (χ4n) is 1.99. The van der Waals surface area contributed by atoms with E-state index in [1.807, 2.05) is 20.8 Å². The number of oxazole rings is 1. The van der Waals surface area contributed by atoms with Crippen LogP contribution in [0.25, 0.3) is 0 Å². The molecule has 0 aliphatic heterocycles. The molecule has 2 rings (SSSR count). The molecule has 0 spiro atoms. The van der Waals surface area contributed by atoms with Gasteiger partial charge in [0.2, 0.25) is 5.91 Å². The Kier molecular flexibility index (Phi) is 4.94. The summed E-state index contributed by atoms with van der Waals surface area (Å²) in [6, 6.07) is 4.09. The number of nitro benzene ring substituents is 1. The average Bonchev–Trinajstić information content (AvgIpc) is 2.82.